The van der Waals surface area contributed by atoms with Gasteiger partial charge in [-0.05, 0) is 12.8 Å². The van der Waals surface area contributed by atoms with E-state index < -0.39 is 0 Å². The average Bonchev–Trinajstić information content (AvgIpc) is 2.92. The van der Waals surface area contributed by atoms with Gasteiger partial charge in [-0.3, -0.25) is 0 Å². The predicted molar refractivity (Wildman–Crippen MR) is 69.1 cm³/mol. The van der Waals surface area contributed by atoms with Crippen molar-refractivity contribution in [3.05, 3.63) is 16.2 Å². The summed E-state index contributed by atoms with van der Waals surface area (Å²) >= 11 is 1.53. The topological polar surface area (TPSA) is 77.8 Å². The van der Waals surface area contributed by atoms with E-state index in [2.05, 4.69) is 15.1 Å². The van der Waals surface area contributed by atoms with Gasteiger partial charge in [0.2, 0.25) is 0 Å². The van der Waals surface area contributed by atoms with E-state index in [1.165, 1.54) is 30.6 Å². The van der Waals surface area contributed by atoms with Crippen LogP contribution in [-0.2, 0) is 6.42 Å². The first-order chi connectivity index (χ1) is 8.72. The van der Waals surface area contributed by atoms with Crippen molar-refractivity contribution in [1.29, 1.82) is 0 Å². The van der Waals surface area contributed by atoms with Gasteiger partial charge in [0.1, 0.15) is 10.7 Å². The molecule has 3 rings (SSSR count). The molecule has 1 fully saturated rings. The molecule has 5 nitrogen and oxygen atoms in total. The zero-order valence-electron chi connectivity index (χ0n) is 10.3. The van der Waals surface area contributed by atoms with Crippen LogP contribution in [0.4, 0.5) is 0 Å². The van der Waals surface area contributed by atoms with Crippen LogP contribution in [0.5, 0.6) is 0 Å². The Bertz CT molecular complexity index is 530. The number of rotatable bonds is 4. The number of hydrogen-bond donors (Lipinski definition) is 1. The Morgan fingerprint density at radius 3 is 2.94 bits per heavy atom. The van der Waals surface area contributed by atoms with Crippen molar-refractivity contribution < 1.29 is 4.52 Å². The lowest BCUT2D eigenvalue weighted by Crippen LogP contribution is -2.14. The molecule has 18 heavy (non-hydrogen) atoms. The summed E-state index contributed by atoms with van der Waals surface area (Å²) in [5.41, 5.74) is 6.52. The summed E-state index contributed by atoms with van der Waals surface area (Å²) in [7, 11) is 0. The SMILES string of the molecule is CC(N)c1nc(-c2nc(CC3CCC3)no2)cs1. The number of nitrogens with zero attached hydrogens (tertiary/aromatic N) is 3. The minimum Gasteiger partial charge on any atom is -0.332 e. The van der Waals surface area contributed by atoms with Crippen molar-refractivity contribution in [1.82, 2.24) is 15.1 Å². The number of aromatic nitrogens is 3. The van der Waals surface area contributed by atoms with E-state index in [1.807, 2.05) is 12.3 Å². The highest BCUT2D eigenvalue weighted by atomic mass is 32.1. The Morgan fingerprint density at radius 2 is 2.33 bits per heavy atom. The molecule has 2 aromatic rings. The first-order valence-corrected chi connectivity index (χ1v) is 7.14. The van der Waals surface area contributed by atoms with Gasteiger partial charge in [-0.1, -0.05) is 24.4 Å². The zero-order valence-corrected chi connectivity index (χ0v) is 11.1. The van der Waals surface area contributed by atoms with Crippen LogP contribution >= 0.6 is 11.3 Å². The fraction of sp³-hybridized carbons (Fsp3) is 0.583. The lowest BCUT2D eigenvalue weighted by atomic mass is 9.83. The molecule has 2 heterocycles. The van der Waals surface area contributed by atoms with Crippen LogP contribution in [-0.4, -0.2) is 15.1 Å². The average molecular weight is 264 g/mol. The van der Waals surface area contributed by atoms with Gasteiger partial charge < -0.3 is 10.3 Å². The normalized spacial score (nSPS) is 17.7. The molecule has 0 aromatic carbocycles. The minimum absolute atomic E-state index is 0.0545. The third-order valence-electron chi connectivity index (χ3n) is 3.29. The highest BCUT2D eigenvalue weighted by molar-refractivity contribution is 7.10. The molecule has 1 atom stereocenters. The van der Waals surface area contributed by atoms with Crippen LogP contribution < -0.4 is 5.73 Å². The first-order valence-electron chi connectivity index (χ1n) is 6.26. The monoisotopic (exact) mass is 264 g/mol. The van der Waals surface area contributed by atoms with Crippen molar-refractivity contribution >= 4 is 11.3 Å². The summed E-state index contributed by atoms with van der Waals surface area (Å²) in [5.74, 6) is 2.04. The van der Waals surface area contributed by atoms with E-state index in [1.54, 1.807) is 0 Å². The van der Waals surface area contributed by atoms with Crippen LogP contribution in [0, 0.1) is 5.92 Å². The Morgan fingerprint density at radius 1 is 1.50 bits per heavy atom. The van der Waals surface area contributed by atoms with Crippen LogP contribution in [0.3, 0.4) is 0 Å². The van der Waals surface area contributed by atoms with E-state index in [0.717, 1.165) is 28.9 Å². The lowest BCUT2D eigenvalue weighted by Gasteiger charge is -2.23. The molecule has 0 radical (unpaired) electrons. The molecule has 0 bridgehead atoms. The first kappa shape index (κ1) is 11.8. The summed E-state index contributed by atoms with van der Waals surface area (Å²) in [6.45, 7) is 1.92. The van der Waals surface area contributed by atoms with Crippen molar-refractivity contribution in [3.8, 4) is 11.6 Å². The van der Waals surface area contributed by atoms with Gasteiger partial charge in [-0.25, -0.2) is 4.98 Å². The molecule has 0 spiro atoms. The maximum atomic E-state index is 5.78. The largest absolute Gasteiger partial charge is 0.332 e. The quantitative estimate of drug-likeness (QED) is 0.918. The molecule has 1 unspecified atom stereocenters. The Labute approximate surface area is 109 Å². The Hall–Kier alpha value is -1.27. The van der Waals surface area contributed by atoms with Crippen LogP contribution in [0.1, 0.15) is 43.1 Å². The van der Waals surface area contributed by atoms with E-state index in [9.17, 15) is 0 Å². The molecule has 0 amide bonds. The second kappa shape index (κ2) is 4.78. The molecule has 1 saturated carbocycles. The second-order valence-corrected chi connectivity index (χ2v) is 5.77. The van der Waals surface area contributed by atoms with Gasteiger partial charge in [-0.2, -0.15) is 4.98 Å². The summed E-state index contributed by atoms with van der Waals surface area (Å²) in [6.07, 6.45) is 4.83. The summed E-state index contributed by atoms with van der Waals surface area (Å²) < 4.78 is 5.26. The maximum absolute atomic E-state index is 5.78. The Kier molecular flexibility index (Phi) is 3.13. The van der Waals surface area contributed by atoms with Crippen molar-refractivity contribution in [2.45, 2.75) is 38.6 Å². The zero-order chi connectivity index (χ0) is 12.5. The molecular weight excluding hydrogens is 248 g/mol. The van der Waals surface area contributed by atoms with E-state index >= 15 is 0 Å². The van der Waals surface area contributed by atoms with Crippen LogP contribution in [0.15, 0.2) is 9.90 Å². The molecule has 2 aromatic heterocycles. The number of nitrogens with two attached hydrogens (primary N) is 1. The summed E-state index contributed by atoms with van der Waals surface area (Å²) in [6, 6.07) is -0.0545. The van der Waals surface area contributed by atoms with Gasteiger partial charge in [-0.15, -0.1) is 11.3 Å². The summed E-state index contributed by atoms with van der Waals surface area (Å²) in [4.78, 5) is 8.80. The second-order valence-electron chi connectivity index (χ2n) is 4.88. The highest BCUT2D eigenvalue weighted by Crippen LogP contribution is 2.30. The molecule has 6 heteroatoms. The van der Waals surface area contributed by atoms with Gasteiger partial charge in [0.15, 0.2) is 5.82 Å². The number of thiazole rings is 1. The van der Waals surface area contributed by atoms with Gasteiger partial charge in [0.25, 0.3) is 5.89 Å². The van der Waals surface area contributed by atoms with E-state index in [-0.39, 0.29) is 6.04 Å². The van der Waals surface area contributed by atoms with Crippen LogP contribution in [0.2, 0.25) is 0 Å². The van der Waals surface area contributed by atoms with Gasteiger partial charge in [0, 0.05) is 11.8 Å². The van der Waals surface area contributed by atoms with E-state index in [4.69, 9.17) is 10.3 Å². The third kappa shape index (κ3) is 2.30. The maximum Gasteiger partial charge on any atom is 0.277 e. The van der Waals surface area contributed by atoms with Crippen molar-refractivity contribution in [2.75, 3.05) is 0 Å². The molecule has 0 saturated heterocycles. The minimum atomic E-state index is -0.0545. The molecule has 1 aliphatic rings. The fourth-order valence-electron chi connectivity index (χ4n) is 1.99. The number of hydrogen-bond acceptors (Lipinski definition) is 6. The smallest absolute Gasteiger partial charge is 0.277 e. The third-order valence-corrected chi connectivity index (χ3v) is 4.34. The lowest BCUT2D eigenvalue weighted by molar-refractivity contribution is 0.304. The van der Waals surface area contributed by atoms with Crippen LogP contribution in [0.25, 0.3) is 11.6 Å². The fourth-order valence-corrected chi connectivity index (χ4v) is 2.74. The molecular formula is C12H16N4OS. The Balaban J connectivity index is 1.74. The van der Waals surface area contributed by atoms with Gasteiger partial charge >= 0.3 is 0 Å². The van der Waals surface area contributed by atoms with E-state index in [0.29, 0.717) is 5.89 Å². The predicted octanol–water partition coefficient (Wildman–Crippen LogP) is 2.56. The molecule has 1 aliphatic carbocycles. The molecule has 96 valence electrons. The van der Waals surface area contributed by atoms with Crippen molar-refractivity contribution in [3.63, 3.8) is 0 Å². The molecule has 0 aliphatic heterocycles. The standard InChI is InChI=1S/C12H16N4OS/c1-7(13)12-14-9(6-18-12)11-15-10(16-17-11)5-8-3-2-4-8/h6-8H,2-5,13H2,1H3. The van der Waals surface area contributed by atoms with Gasteiger partial charge in [0.05, 0.1) is 6.04 Å². The van der Waals surface area contributed by atoms with Crippen molar-refractivity contribution in [2.24, 2.45) is 11.7 Å². The molecule has 2 N–H and O–H groups in total. The summed E-state index contributed by atoms with van der Waals surface area (Å²) in [5, 5.41) is 6.82. The highest BCUT2D eigenvalue weighted by Gasteiger charge is 2.21.